The number of hydrogen-bond donors (Lipinski definition) is 3. The van der Waals surface area contributed by atoms with Gasteiger partial charge in [0.2, 0.25) is 0 Å². The maximum Gasteiger partial charge on any atom is 0.303 e. The summed E-state index contributed by atoms with van der Waals surface area (Å²) in [5.41, 5.74) is 5.14. The summed E-state index contributed by atoms with van der Waals surface area (Å²) in [5.74, 6) is -1.26. The van der Waals surface area contributed by atoms with Crippen molar-refractivity contribution in [2.24, 2.45) is 5.73 Å². The minimum atomic E-state index is -1.03. The van der Waals surface area contributed by atoms with Crippen molar-refractivity contribution in [1.82, 2.24) is 0 Å². The molecule has 76 valence electrons. The van der Waals surface area contributed by atoms with E-state index < -0.39 is 12.1 Å². The summed E-state index contributed by atoms with van der Waals surface area (Å²) in [6.07, 6.45) is -0.449. The van der Waals surface area contributed by atoms with Crippen LogP contribution in [0.2, 0.25) is 0 Å². The Morgan fingerprint density at radius 3 is 2.38 bits per heavy atom. The van der Waals surface area contributed by atoms with Crippen LogP contribution < -0.4 is 5.73 Å². The number of aliphatic hydroxyl groups excluding tert-OH is 1. The van der Waals surface area contributed by atoms with E-state index in [-0.39, 0.29) is 38.0 Å². The Balaban J connectivity index is 3.55. The van der Waals surface area contributed by atoms with Crippen LogP contribution in [0.15, 0.2) is 0 Å². The Bertz CT molecular complexity index is 181. The van der Waals surface area contributed by atoms with E-state index in [1.165, 1.54) is 0 Å². The standard InChI is InChI=1S/C8H15NO4/c9-5-4-7(11)6(10)2-1-3-8(12)13/h7,11H,1-5,9H2,(H,12,13). The van der Waals surface area contributed by atoms with Gasteiger partial charge in [-0.05, 0) is 19.4 Å². The fourth-order valence-corrected chi connectivity index (χ4v) is 0.899. The molecule has 0 spiro atoms. The molecule has 0 saturated carbocycles. The van der Waals surface area contributed by atoms with Crippen molar-refractivity contribution < 1.29 is 19.8 Å². The van der Waals surface area contributed by atoms with Crippen LogP contribution in [-0.2, 0) is 9.59 Å². The largest absolute Gasteiger partial charge is 0.481 e. The maximum atomic E-state index is 11.0. The fraction of sp³-hybridized carbons (Fsp3) is 0.750. The smallest absolute Gasteiger partial charge is 0.303 e. The first-order valence-electron chi connectivity index (χ1n) is 4.20. The molecule has 0 saturated heterocycles. The van der Waals surface area contributed by atoms with E-state index in [4.69, 9.17) is 15.9 Å². The number of rotatable bonds is 7. The second-order valence-corrected chi connectivity index (χ2v) is 2.81. The van der Waals surface area contributed by atoms with Crippen LogP contribution in [0, 0.1) is 0 Å². The van der Waals surface area contributed by atoms with Gasteiger partial charge < -0.3 is 15.9 Å². The van der Waals surface area contributed by atoms with E-state index in [2.05, 4.69) is 0 Å². The van der Waals surface area contributed by atoms with Crippen LogP contribution in [0.3, 0.4) is 0 Å². The van der Waals surface area contributed by atoms with Crippen LogP contribution in [0.4, 0.5) is 0 Å². The summed E-state index contributed by atoms with van der Waals surface area (Å²) >= 11 is 0. The first-order chi connectivity index (χ1) is 6.07. The van der Waals surface area contributed by atoms with Crippen molar-refractivity contribution >= 4 is 11.8 Å². The lowest BCUT2D eigenvalue weighted by atomic mass is 10.1. The molecule has 4 N–H and O–H groups in total. The molecule has 1 atom stereocenters. The average molecular weight is 189 g/mol. The number of carbonyl (C=O) groups excluding carboxylic acids is 1. The molecule has 0 aromatic carbocycles. The van der Waals surface area contributed by atoms with Crippen LogP contribution in [-0.4, -0.2) is 34.6 Å². The lowest BCUT2D eigenvalue weighted by molar-refractivity contribution is -0.137. The molecule has 0 bridgehead atoms. The van der Waals surface area contributed by atoms with Gasteiger partial charge in [-0.1, -0.05) is 0 Å². The SMILES string of the molecule is NCCC(O)C(=O)CCCC(=O)O. The van der Waals surface area contributed by atoms with E-state index in [0.29, 0.717) is 0 Å². The zero-order valence-electron chi connectivity index (χ0n) is 7.40. The number of carboxylic acids is 1. The molecule has 0 aliphatic heterocycles. The molecule has 0 aromatic heterocycles. The highest BCUT2D eigenvalue weighted by Crippen LogP contribution is 2.02. The average Bonchev–Trinajstić information content (AvgIpc) is 2.04. The van der Waals surface area contributed by atoms with Gasteiger partial charge in [0.25, 0.3) is 0 Å². The lowest BCUT2D eigenvalue weighted by Gasteiger charge is -2.06. The Kier molecular flexibility index (Phi) is 6.09. The van der Waals surface area contributed by atoms with Gasteiger partial charge >= 0.3 is 5.97 Å². The first kappa shape index (κ1) is 12.1. The van der Waals surface area contributed by atoms with Crippen molar-refractivity contribution in [3.05, 3.63) is 0 Å². The van der Waals surface area contributed by atoms with E-state index in [9.17, 15) is 9.59 Å². The highest BCUT2D eigenvalue weighted by molar-refractivity contribution is 5.83. The maximum absolute atomic E-state index is 11.0. The quantitative estimate of drug-likeness (QED) is 0.502. The topological polar surface area (TPSA) is 101 Å². The highest BCUT2D eigenvalue weighted by Gasteiger charge is 2.13. The molecule has 1 unspecified atom stereocenters. The number of hydrogen-bond acceptors (Lipinski definition) is 4. The molecule has 5 nitrogen and oxygen atoms in total. The summed E-state index contributed by atoms with van der Waals surface area (Å²) < 4.78 is 0. The molecule has 0 heterocycles. The third kappa shape index (κ3) is 6.24. The molecule has 0 aromatic rings. The summed E-state index contributed by atoms with van der Waals surface area (Å²) in [5, 5.41) is 17.4. The number of carboxylic acid groups (broad SMARTS) is 1. The molecular formula is C8H15NO4. The Morgan fingerprint density at radius 1 is 1.31 bits per heavy atom. The van der Waals surface area contributed by atoms with Crippen molar-refractivity contribution in [2.75, 3.05) is 6.54 Å². The van der Waals surface area contributed by atoms with Gasteiger partial charge in [-0.25, -0.2) is 0 Å². The fourth-order valence-electron chi connectivity index (χ4n) is 0.899. The minimum absolute atomic E-state index is 0.0406. The molecular weight excluding hydrogens is 174 g/mol. The van der Waals surface area contributed by atoms with Crippen molar-refractivity contribution in [3.63, 3.8) is 0 Å². The number of aliphatic carboxylic acids is 1. The summed E-state index contributed by atoms with van der Waals surface area (Å²) in [6, 6.07) is 0. The van der Waals surface area contributed by atoms with Gasteiger partial charge in [0.05, 0.1) is 0 Å². The van der Waals surface area contributed by atoms with Crippen LogP contribution in [0.25, 0.3) is 0 Å². The molecule has 0 fully saturated rings. The number of aliphatic hydroxyl groups is 1. The highest BCUT2D eigenvalue weighted by atomic mass is 16.4. The Morgan fingerprint density at radius 2 is 1.92 bits per heavy atom. The normalized spacial score (nSPS) is 12.5. The molecule has 0 radical (unpaired) electrons. The zero-order valence-corrected chi connectivity index (χ0v) is 7.40. The van der Waals surface area contributed by atoms with Gasteiger partial charge in [-0.2, -0.15) is 0 Å². The first-order valence-corrected chi connectivity index (χ1v) is 4.20. The minimum Gasteiger partial charge on any atom is -0.481 e. The lowest BCUT2D eigenvalue weighted by Crippen LogP contribution is -2.23. The van der Waals surface area contributed by atoms with E-state index in [0.717, 1.165) is 0 Å². The Hall–Kier alpha value is -0.940. The number of carbonyl (C=O) groups is 2. The Labute approximate surface area is 76.5 Å². The van der Waals surface area contributed by atoms with Crippen molar-refractivity contribution in [1.29, 1.82) is 0 Å². The number of Topliss-reactive ketones (excluding diaryl/α,β-unsaturated/α-hetero) is 1. The van der Waals surface area contributed by atoms with Crippen molar-refractivity contribution in [3.8, 4) is 0 Å². The van der Waals surface area contributed by atoms with E-state index >= 15 is 0 Å². The van der Waals surface area contributed by atoms with Crippen LogP contribution >= 0.6 is 0 Å². The molecule has 0 aliphatic rings. The monoisotopic (exact) mass is 189 g/mol. The van der Waals surface area contributed by atoms with E-state index in [1.54, 1.807) is 0 Å². The van der Waals surface area contributed by atoms with Gasteiger partial charge in [0.15, 0.2) is 5.78 Å². The third-order valence-electron chi connectivity index (χ3n) is 1.63. The third-order valence-corrected chi connectivity index (χ3v) is 1.63. The molecule has 0 aliphatic carbocycles. The zero-order chi connectivity index (χ0) is 10.3. The number of ketones is 1. The summed E-state index contributed by atoms with van der Waals surface area (Å²) in [4.78, 5) is 21.1. The second kappa shape index (κ2) is 6.56. The second-order valence-electron chi connectivity index (χ2n) is 2.81. The van der Waals surface area contributed by atoms with Gasteiger partial charge in [-0.3, -0.25) is 9.59 Å². The van der Waals surface area contributed by atoms with Gasteiger partial charge in [0, 0.05) is 12.8 Å². The number of nitrogens with two attached hydrogens (primary N) is 1. The summed E-state index contributed by atoms with van der Waals surface area (Å²) in [6.45, 7) is 0.256. The van der Waals surface area contributed by atoms with Crippen molar-refractivity contribution in [2.45, 2.75) is 31.8 Å². The van der Waals surface area contributed by atoms with Gasteiger partial charge in [0.1, 0.15) is 6.10 Å². The predicted molar refractivity (Wildman–Crippen MR) is 46.2 cm³/mol. The molecule has 0 amide bonds. The van der Waals surface area contributed by atoms with Crippen LogP contribution in [0.5, 0.6) is 0 Å². The molecule has 0 rings (SSSR count). The predicted octanol–water partition coefficient (Wildman–Crippen LogP) is -0.480. The van der Waals surface area contributed by atoms with Crippen LogP contribution in [0.1, 0.15) is 25.7 Å². The van der Waals surface area contributed by atoms with E-state index in [1.807, 2.05) is 0 Å². The molecule has 13 heavy (non-hydrogen) atoms. The van der Waals surface area contributed by atoms with Gasteiger partial charge in [-0.15, -0.1) is 0 Å². The molecule has 5 heteroatoms. The summed E-state index contributed by atoms with van der Waals surface area (Å²) in [7, 11) is 0.